The minimum Gasteiger partial charge on any atom is -0.312 e. The van der Waals surface area contributed by atoms with Crippen LogP contribution in [0.5, 0.6) is 0 Å². The first kappa shape index (κ1) is 12.7. The Hall–Kier alpha value is 0.240. The van der Waals surface area contributed by atoms with Crippen LogP contribution in [0.15, 0.2) is 10.6 Å². The van der Waals surface area contributed by atoms with Crippen LogP contribution in [-0.4, -0.2) is 36.6 Å². The Morgan fingerprint density at radius 2 is 2.12 bits per heavy atom. The summed E-state index contributed by atoms with van der Waals surface area (Å²) in [7, 11) is 0. The van der Waals surface area contributed by atoms with Crippen LogP contribution in [0.4, 0.5) is 0 Å². The topological polar surface area (TPSA) is 15.3 Å². The second kappa shape index (κ2) is 6.25. The molecule has 4 heteroatoms. The van der Waals surface area contributed by atoms with Gasteiger partial charge in [0.25, 0.3) is 0 Å². The van der Waals surface area contributed by atoms with E-state index in [-0.39, 0.29) is 0 Å². The SMILES string of the molecule is ClC=C(Cl)CN1CCCCC1CNC1CC1. The van der Waals surface area contributed by atoms with E-state index in [1.165, 1.54) is 37.6 Å². The summed E-state index contributed by atoms with van der Waals surface area (Å²) in [5, 5.41) is 4.36. The predicted molar refractivity (Wildman–Crippen MR) is 70.0 cm³/mol. The average Bonchev–Trinajstić information content (AvgIpc) is 3.11. The molecule has 1 aliphatic heterocycles. The largest absolute Gasteiger partial charge is 0.312 e. The summed E-state index contributed by atoms with van der Waals surface area (Å²) in [5.41, 5.74) is 1.49. The van der Waals surface area contributed by atoms with E-state index in [0.717, 1.165) is 30.7 Å². The Balaban J connectivity index is 1.80. The van der Waals surface area contributed by atoms with Gasteiger partial charge in [0, 0.05) is 35.7 Å². The van der Waals surface area contributed by atoms with Crippen molar-refractivity contribution in [3.63, 3.8) is 0 Å². The lowest BCUT2D eigenvalue weighted by Crippen LogP contribution is -2.46. The normalized spacial score (nSPS) is 28.4. The summed E-state index contributed by atoms with van der Waals surface area (Å²) >= 11 is 11.6. The molecule has 1 unspecified atom stereocenters. The van der Waals surface area contributed by atoms with E-state index in [1.807, 2.05) is 0 Å². The van der Waals surface area contributed by atoms with Gasteiger partial charge in [0.2, 0.25) is 0 Å². The van der Waals surface area contributed by atoms with Gasteiger partial charge in [-0.1, -0.05) is 29.6 Å². The summed E-state index contributed by atoms with van der Waals surface area (Å²) in [6.07, 6.45) is 6.62. The first-order valence-corrected chi connectivity index (χ1v) is 7.03. The Bertz CT molecular complexity index is 251. The molecule has 92 valence electrons. The van der Waals surface area contributed by atoms with E-state index >= 15 is 0 Å². The molecule has 0 aromatic carbocycles. The van der Waals surface area contributed by atoms with Gasteiger partial charge in [0.15, 0.2) is 0 Å². The van der Waals surface area contributed by atoms with Crippen molar-refractivity contribution in [1.82, 2.24) is 10.2 Å². The van der Waals surface area contributed by atoms with Crippen LogP contribution in [0, 0.1) is 0 Å². The van der Waals surface area contributed by atoms with Gasteiger partial charge in [0.05, 0.1) is 0 Å². The van der Waals surface area contributed by atoms with Gasteiger partial charge in [-0.2, -0.15) is 0 Å². The standard InChI is InChI=1S/C12H20Cl2N2/c13-7-10(14)9-16-6-2-1-3-12(16)8-15-11-4-5-11/h7,11-12,15H,1-6,8-9H2. The Kier molecular flexibility index (Phi) is 4.96. The number of halogens is 2. The minimum absolute atomic E-state index is 0.639. The fourth-order valence-electron chi connectivity index (χ4n) is 2.32. The molecule has 0 aromatic heterocycles. The summed E-state index contributed by atoms with van der Waals surface area (Å²) in [4.78, 5) is 2.46. The molecule has 1 saturated heterocycles. The Morgan fingerprint density at radius 1 is 1.31 bits per heavy atom. The van der Waals surface area contributed by atoms with E-state index in [2.05, 4.69) is 10.2 Å². The van der Waals surface area contributed by atoms with Crippen molar-refractivity contribution in [3.8, 4) is 0 Å². The molecule has 1 atom stereocenters. The summed E-state index contributed by atoms with van der Waals surface area (Å²) in [6, 6.07) is 1.43. The lowest BCUT2D eigenvalue weighted by atomic mass is 10.0. The molecule has 1 heterocycles. The molecule has 1 saturated carbocycles. The van der Waals surface area contributed by atoms with Gasteiger partial charge in [-0.25, -0.2) is 0 Å². The summed E-state index contributed by atoms with van der Waals surface area (Å²) < 4.78 is 0. The average molecular weight is 263 g/mol. The van der Waals surface area contributed by atoms with Crippen LogP contribution in [0.2, 0.25) is 0 Å². The minimum atomic E-state index is 0.639. The molecule has 1 aliphatic carbocycles. The maximum atomic E-state index is 6.01. The lowest BCUT2D eigenvalue weighted by Gasteiger charge is -2.35. The smallest absolute Gasteiger partial charge is 0.0434 e. The van der Waals surface area contributed by atoms with E-state index in [4.69, 9.17) is 23.2 Å². The van der Waals surface area contributed by atoms with Crippen molar-refractivity contribution >= 4 is 23.2 Å². The molecule has 16 heavy (non-hydrogen) atoms. The molecule has 2 nitrogen and oxygen atoms in total. The molecule has 0 amide bonds. The second-order valence-electron chi connectivity index (χ2n) is 4.86. The van der Waals surface area contributed by atoms with E-state index in [9.17, 15) is 0 Å². The second-order valence-corrected chi connectivity index (χ2v) is 5.56. The van der Waals surface area contributed by atoms with Crippen molar-refractivity contribution in [3.05, 3.63) is 10.6 Å². The number of rotatable bonds is 5. The van der Waals surface area contributed by atoms with Crippen molar-refractivity contribution in [2.45, 2.75) is 44.2 Å². The number of piperidine rings is 1. The van der Waals surface area contributed by atoms with E-state index < -0.39 is 0 Å². The third-order valence-corrected chi connectivity index (χ3v) is 4.04. The Morgan fingerprint density at radius 3 is 2.81 bits per heavy atom. The zero-order valence-electron chi connectivity index (χ0n) is 9.59. The highest BCUT2D eigenvalue weighted by Crippen LogP contribution is 2.22. The van der Waals surface area contributed by atoms with Crippen LogP contribution in [0.25, 0.3) is 0 Å². The van der Waals surface area contributed by atoms with E-state index in [0.29, 0.717) is 6.04 Å². The summed E-state index contributed by atoms with van der Waals surface area (Å²) in [6.45, 7) is 3.07. The zero-order chi connectivity index (χ0) is 11.4. The van der Waals surface area contributed by atoms with Gasteiger partial charge in [0.1, 0.15) is 0 Å². The quantitative estimate of drug-likeness (QED) is 0.820. The maximum absolute atomic E-state index is 6.01. The number of likely N-dealkylation sites (tertiary alicyclic amines) is 1. The number of hydrogen-bond donors (Lipinski definition) is 1. The lowest BCUT2D eigenvalue weighted by molar-refractivity contribution is 0.160. The van der Waals surface area contributed by atoms with Crippen LogP contribution >= 0.6 is 23.2 Å². The van der Waals surface area contributed by atoms with Crippen LogP contribution in [0.1, 0.15) is 32.1 Å². The molecular weight excluding hydrogens is 243 g/mol. The molecule has 0 bridgehead atoms. The number of hydrogen-bond acceptors (Lipinski definition) is 2. The predicted octanol–water partition coefficient (Wildman–Crippen LogP) is 2.91. The fourth-order valence-corrected chi connectivity index (χ4v) is 2.54. The summed E-state index contributed by atoms with van der Waals surface area (Å²) in [5.74, 6) is 0. The zero-order valence-corrected chi connectivity index (χ0v) is 11.1. The highest BCUT2D eigenvalue weighted by Gasteiger charge is 2.26. The third kappa shape index (κ3) is 3.92. The first-order valence-electron chi connectivity index (χ1n) is 6.22. The highest BCUT2D eigenvalue weighted by atomic mass is 35.5. The molecular formula is C12H20Cl2N2. The van der Waals surface area contributed by atoms with Gasteiger partial charge < -0.3 is 5.32 Å². The van der Waals surface area contributed by atoms with Gasteiger partial charge in [-0.15, -0.1) is 0 Å². The highest BCUT2D eigenvalue weighted by molar-refractivity contribution is 6.36. The fraction of sp³-hybridized carbons (Fsp3) is 0.833. The molecule has 2 rings (SSSR count). The van der Waals surface area contributed by atoms with Crippen molar-refractivity contribution in [1.29, 1.82) is 0 Å². The van der Waals surface area contributed by atoms with Crippen molar-refractivity contribution in [2.24, 2.45) is 0 Å². The van der Waals surface area contributed by atoms with Crippen LogP contribution < -0.4 is 5.32 Å². The monoisotopic (exact) mass is 262 g/mol. The van der Waals surface area contributed by atoms with Crippen LogP contribution in [0.3, 0.4) is 0 Å². The molecule has 1 N–H and O–H groups in total. The first-order chi connectivity index (χ1) is 7.79. The molecule has 2 aliphatic rings. The van der Waals surface area contributed by atoms with Gasteiger partial charge in [-0.3, -0.25) is 4.90 Å². The molecule has 0 aromatic rings. The number of nitrogens with zero attached hydrogens (tertiary/aromatic N) is 1. The Labute approximate surface area is 108 Å². The maximum Gasteiger partial charge on any atom is 0.0434 e. The van der Waals surface area contributed by atoms with Crippen molar-refractivity contribution in [2.75, 3.05) is 19.6 Å². The van der Waals surface area contributed by atoms with Gasteiger partial charge >= 0.3 is 0 Å². The third-order valence-electron chi connectivity index (χ3n) is 3.44. The molecule has 2 fully saturated rings. The van der Waals surface area contributed by atoms with Gasteiger partial charge in [-0.05, 0) is 32.2 Å². The molecule has 0 radical (unpaired) electrons. The van der Waals surface area contributed by atoms with Crippen LogP contribution in [-0.2, 0) is 0 Å². The van der Waals surface area contributed by atoms with E-state index in [1.54, 1.807) is 0 Å². The number of nitrogens with one attached hydrogen (secondary N) is 1. The molecule has 0 spiro atoms. The van der Waals surface area contributed by atoms with Crippen molar-refractivity contribution < 1.29 is 0 Å².